The fourth-order valence-corrected chi connectivity index (χ4v) is 3.14. The van der Waals surface area contributed by atoms with E-state index in [-0.39, 0.29) is 0 Å². The molecule has 0 spiro atoms. The molecule has 0 radical (unpaired) electrons. The highest BCUT2D eigenvalue weighted by atomic mass is 15.2. The fraction of sp³-hybridized carbons (Fsp3) is 1.00. The van der Waals surface area contributed by atoms with Gasteiger partial charge >= 0.3 is 0 Å². The molecule has 1 aliphatic rings. The van der Waals surface area contributed by atoms with Gasteiger partial charge in [-0.2, -0.15) is 0 Å². The molecule has 1 saturated carbocycles. The molecule has 0 amide bonds. The van der Waals surface area contributed by atoms with Crippen LogP contribution in [0.1, 0.15) is 52.9 Å². The third-order valence-corrected chi connectivity index (χ3v) is 4.45. The topological polar surface area (TPSA) is 29.3 Å². The van der Waals surface area contributed by atoms with E-state index in [1.807, 2.05) is 0 Å². The lowest BCUT2D eigenvalue weighted by Gasteiger charge is -2.42. The van der Waals surface area contributed by atoms with Crippen LogP contribution in [0.3, 0.4) is 0 Å². The van der Waals surface area contributed by atoms with Gasteiger partial charge in [0, 0.05) is 12.1 Å². The van der Waals surface area contributed by atoms with Gasteiger partial charge < -0.3 is 10.6 Å². The van der Waals surface area contributed by atoms with Crippen molar-refractivity contribution >= 4 is 0 Å². The molecule has 2 N–H and O–H groups in total. The lowest BCUT2D eigenvalue weighted by atomic mass is 9.78. The van der Waals surface area contributed by atoms with Crippen molar-refractivity contribution in [2.45, 2.75) is 65.0 Å². The van der Waals surface area contributed by atoms with Crippen LogP contribution >= 0.6 is 0 Å². The van der Waals surface area contributed by atoms with Gasteiger partial charge in [0.2, 0.25) is 0 Å². The van der Waals surface area contributed by atoms with Gasteiger partial charge in [-0.3, -0.25) is 0 Å². The molecule has 1 fully saturated rings. The van der Waals surface area contributed by atoms with E-state index in [4.69, 9.17) is 5.73 Å². The summed E-state index contributed by atoms with van der Waals surface area (Å²) in [5, 5.41) is 0. The Kier molecular flexibility index (Phi) is 5.77. The molecule has 0 heterocycles. The van der Waals surface area contributed by atoms with Crippen LogP contribution in [-0.2, 0) is 0 Å². The van der Waals surface area contributed by atoms with Gasteiger partial charge in [0.1, 0.15) is 0 Å². The predicted octanol–water partition coefficient (Wildman–Crippen LogP) is 2.87. The number of hydrogen-bond acceptors (Lipinski definition) is 2. The van der Waals surface area contributed by atoms with E-state index in [1.54, 1.807) is 0 Å². The molecule has 0 bridgehead atoms. The van der Waals surface area contributed by atoms with Crippen molar-refractivity contribution in [3.8, 4) is 0 Å². The molecule has 0 aromatic heterocycles. The van der Waals surface area contributed by atoms with E-state index in [2.05, 4.69) is 32.7 Å². The van der Waals surface area contributed by atoms with Crippen LogP contribution < -0.4 is 5.73 Å². The Hall–Kier alpha value is -0.0800. The maximum Gasteiger partial charge on any atom is 0.0138 e. The molecule has 4 unspecified atom stereocenters. The van der Waals surface area contributed by atoms with Crippen molar-refractivity contribution in [3.63, 3.8) is 0 Å². The Morgan fingerprint density at radius 3 is 2.62 bits per heavy atom. The summed E-state index contributed by atoms with van der Waals surface area (Å²) in [7, 11) is 2.30. The quantitative estimate of drug-likeness (QED) is 0.781. The molecule has 0 aromatic carbocycles. The monoisotopic (exact) mass is 226 g/mol. The van der Waals surface area contributed by atoms with Crippen molar-refractivity contribution in [1.29, 1.82) is 0 Å². The van der Waals surface area contributed by atoms with Gasteiger partial charge in [-0.05, 0) is 51.6 Å². The molecule has 0 aromatic rings. The Labute approximate surface area is 102 Å². The average Bonchev–Trinajstić information content (AvgIpc) is 2.28. The van der Waals surface area contributed by atoms with Crippen LogP contribution in [0.4, 0.5) is 0 Å². The molecular formula is C14H30N2. The zero-order valence-electron chi connectivity index (χ0n) is 11.6. The van der Waals surface area contributed by atoms with Crippen LogP contribution in [0.5, 0.6) is 0 Å². The van der Waals surface area contributed by atoms with Crippen molar-refractivity contribution in [1.82, 2.24) is 4.90 Å². The molecule has 2 heteroatoms. The summed E-state index contributed by atoms with van der Waals surface area (Å²) in [6, 6.07) is 1.42. The lowest BCUT2D eigenvalue weighted by molar-refractivity contribution is 0.0757. The number of nitrogens with zero attached hydrogens (tertiary/aromatic N) is 1. The van der Waals surface area contributed by atoms with E-state index in [9.17, 15) is 0 Å². The summed E-state index contributed by atoms with van der Waals surface area (Å²) >= 11 is 0. The minimum atomic E-state index is 0.703. The molecule has 1 aliphatic carbocycles. The second-order valence-electron chi connectivity index (χ2n) is 5.78. The van der Waals surface area contributed by atoms with Crippen LogP contribution in [0.25, 0.3) is 0 Å². The first kappa shape index (κ1) is 14.0. The number of rotatable bonds is 5. The van der Waals surface area contributed by atoms with Gasteiger partial charge in [-0.1, -0.05) is 26.7 Å². The number of nitrogens with two attached hydrogens (primary N) is 1. The van der Waals surface area contributed by atoms with Gasteiger partial charge in [-0.15, -0.1) is 0 Å². The van der Waals surface area contributed by atoms with E-state index < -0.39 is 0 Å². The van der Waals surface area contributed by atoms with E-state index in [1.165, 1.54) is 32.1 Å². The zero-order valence-corrected chi connectivity index (χ0v) is 11.6. The summed E-state index contributed by atoms with van der Waals surface area (Å²) in [6.45, 7) is 7.88. The first-order chi connectivity index (χ1) is 7.60. The Morgan fingerprint density at radius 2 is 2.06 bits per heavy atom. The Bertz CT molecular complexity index is 193. The van der Waals surface area contributed by atoms with Crippen molar-refractivity contribution in [3.05, 3.63) is 0 Å². The van der Waals surface area contributed by atoms with E-state index >= 15 is 0 Å². The molecule has 1 rings (SSSR count). The summed E-state index contributed by atoms with van der Waals surface area (Å²) in [5.74, 6) is 1.60. The van der Waals surface area contributed by atoms with Crippen LogP contribution in [0, 0.1) is 11.8 Å². The van der Waals surface area contributed by atoms with Gasteiger partial charge in [0.25, 0.3) is 0 Å². The van der Waals surface area contributed by atoms with E-state index in [0.29, 0.717) is 6.04 Å². The first-order valence-corrected chi connectivity index (χ1v) is 7.02. The van der Waals surface area contributed by atoms with Crippen LogP contribution in [0.2, 0.25) is 0 Å². The molecule has 0 aliphatic heterocycles. The molecule has 0 saturated heterocycles. The lowest BCUT2D eigenvalue weighted by Crippen LogP contribution is -2.48. The predicted molar refractivity (Wildman–Crippen MR) is 71.5 cm³/mol. The summed E-state index contributed by atoms with van der Waals surface area (Å²) in [5.41, 5.74) is 5.92. The van der Waals surface area contributed by atoms with Gasteiger partial charge in [0.15, 0.2) is 0 Å². The highest BCUT2D eigenvalue weighted by Crippen LogP contribution is 2.32. The fourth-order valence-electron chi connectivity index (χ4n) is 3.14. The van der Waals surface area contributed by atoms with Crippen LogP contribution in [0.15, 0.2) is 0 Å². The highest BCUT2D eigenvalue weighted by Gasteiger charge is 2.31. The second kappa shape index (κ2) is 6.61. The second-order valence-corrected chi connectivity index (χ2v) is 5.78. The first-order valence-electron chi connectivity index (χ1n) is 7.02. The Morgan fingerprint density at radius 1 is 1.38 bits per heavy atom. The molecule has 2 nitrogen and oxygen atoms in total. The minimum Gasteiger partial charge on any atom is -0.330 e. The molecular weight excluding hydrogens is 196 g/mol. The van der Waals surface area contributed by atoms with E-state index in [0.717, 1.165) is 24.4 Å². The van der Waals surface area contributed by atoms with Crippen molar-refractivity contribution in [2.24, 2.45) is 17.6 Å². The number of hydrogen-bond donors (Lipinski definition) is 1. The zero-order chi connectivity index (χ0) is 12.1. The molecule has 4 atom stereocenters. The molecule has 96 valence electrons. The van der Waals surface area contributed by atoms with Crippen molar-refractivity contribution in [2.75, 3.05) is 13.6 Å². The standard InChI is InChI=1S/C14H30N2/c1-5-6-12(3)16(4)14-9-11(2)7-8-13(14)10-15/h11-14H,5-10,15H2,1-4H3. The van der Waals surface area contributed by atoms with Crippen LogP contribution in [-0.4, -0.2) is 30.6 Å². The maximum atomic E-state index is 5.92. The normalized spacial score (nSPS) is 33.0. The molecule has 16 heavy (non-hydrogen) atoms. The highest BCUT2D eigenvalue weighted by molar-refractivity contribution is 4.86. The summed E-state index contributed by atoms with van der Waals surface area (Å²) in [4.78, 5) is 2.59. The maximum absolute atomic E-state index is 5.92. The Balaban J connectivity index is 2.58. The minimum absolute atomic E-state index is 0.703. The SMILES string of the molecule is CCCC(C)N(C)C1CC(C)CCC1CN. The van der Waals surface area contributed by atoms with Crippen molar-refractivity contribution < 1.29 is 0 Å². The third kappa shape index (κ3) is 3.46. The largest absolute Gasteiger partial charge is 0.330 e. The van der Waals surface area contributed by atoms with Gasteiger partial charge in [0.05, 0.1) is 0 Å². The van der Waals surface area contributed by atoms with Gasteiger partial charge in [-0.25, -0.2) is 0 Å². The summed E-state index contributed by atoms with van der Waals surface area (Å²) < 4.78 is 0. The third-order valence-electron chi connectivity index (χ3n) is 4.45. The average molecular weight is 226 g/mol. The smallest absolute Gasteiger partial charge is 0.0138 e. The summed E-state index contributed by atoms with van der Waals surface area (Å²) in [6.07, 6.45) is 6.62.